The largest absolute Gasteiger partial charge is 0.525 e. The maximum absolute atomic E-state index is 14.8. The lowest BCUT2D eigenvalue weighted by atomic mass is 9.84. The van der Waals surface area contributed by atoms with Crippen molar-refractivity contribution in [1.82, 2.24) is 4.90 Å². The van der Waals surface area contributed by atoms with Gasteiger partial charge < -0.3 is 9.31 Å². The predicted molar refractivity (Wildman–Crippen MR) is 90.6 cm³/mol. The third-order valence-corrected chi connectivity index (χ3v) is 5.19. The topological polar surface area (TPSA) is 21.7 Å². The molecule has 23 heavy (non-hydrogen) atoms. The third kappa shape index (κ3) is 3.37. The van der Waals surface area contributed by atoms with Gasteiger partial charge in [0, 0.05) is 19.6 Å². The van der Waals surface area contributed by atoms with Crippen molar-refractivity contribution < 1.29 is 13.7 Å². The summed E-state index contributed by atoms with van der Waals surface area (Å²) >= 11 is 0. The van der Waals surface area contributed by atoms with Crippen molar-refractivity contribution in [3.8, 4) is 0 Å². The lowest BCUT2D eigenvalue weighted by Gasteiger charge is -2.32. The van der Waals surface area contributed by atoms with Crippen LogP contribution in [0.3, 0.4) is 0 Å². The Kier molecular flexibility index (Phi) is 4.38. The molecule has 0 bridgehead atoms. The van der Waals surface area contributed by atoms with Crippen LogP contribution in [0.25, 0.3) is 0 Å². The lowest BCUT2D eigenvalue weighted by molar-refractivity contribution is 0.00578. The minimum atomic E-state index is -0.869. The number of halogens is 1. The van der Waals surface area contributed by atoms with E-state index in [-0.39, 0.29) is 5.73 Å². The highest BCUT2D eigenvalue weighted by Crippen LogP contribution is 2.40. The van der Waals surface area contributed by atoms with Gasteiger partial charge in [-0.3, -0.25) is 4.90 Å². The monoisotopic (exact) mass is 317 g/mol. The van der Waals surface area contributed by atoms with E-state index in [2.05, 4.69) is 17.0 Å². The fourth-order valence-corrected chi connectivity index (χ4v) is 3.01. The van der Waals surface area contributed by atoms with Gasteiger partial charge in [0.1, 0.15) is 5.73 Å². The highest BCUT2D eigenvalue weighted by atomic mass is 19.1. The number of hydrogen-bond acceptors (Lipinski definition) is 3. The van der Waals surface area contributed by atoms with Crippen LogP contribution < -0.4 is 0 Å². The Morgan fingerprint density at radius 3 is 2.35 bits per heavy atom. The Labute approximate surface area is 138 Å². The van der Waals surface area contributed by atoms with Crippen molar-refractivity contribution >= 4 is 7.12 Å². The summed E-state index contributed by atoms with van der Waals surface area (Å²) in [4.78, 5) is 2.26. The van der Waals surface area contributed by atoms with Gasteiger partial charge in [0.05, 0.1) is 11.2 Å². The number of rotatable bonds is 3. The number of likely N-dealkylation sites (tertiary alicyclic amines) is 1. The smallest absolute Gasteiger partial charge is 0.398 e. The molecule has 0 spiro atoms. The van der Waals surface area contributed by atoms with Crippen molar-refractivity contribution in [3.63, 3.8) is 0 Å². The molecule has 2 aliphatic heterocycles. The van der Waals surface area contributed by atoms with Crippen LogP contribution in [0.1, 0.15) is 39.7 Å². The van der Waals surface area contributed by atoms with Gasteiger partial charge >= 0.3 is 7.12 Å². The molecule has 2 aliphatic rings. The van der Waals surface area contributed by atoms with E-state index in [0.717, 1.165) is 25.1 Å². The molecular weight excluding hydrogens is 292 g/mol. The second-order valence-electron chi connectivity index (χ2n) is 7.49. The Morgan fingerprint density at radius 1 is 1.13 bits per heavy atom. The third-order valence-electron chi connectivity index (χ3n) is 5.19. The van der Waals surface area contributed by atoms with Crippen LogP contribution in [0.4, 0.5) is 4.39 Å². The molecule has 1 aromatic carbocycles. The molecule has 0 aliphatic carbocycles. The summed E-state index contributed by atoms with van der Waals surface area (Å²) in [5, 5.41) is 0. The standard InChI is InChI=1S/C18H25BFNO2/c1-17(2)18(3,4)23-19(22-17)16(20)15-10-11-21(13-15)12-14-8-6-5-7-9-14/h5-9H,10-13H2,1-4H3. The van der Waals surface area contributed by atoms with E-state index in [1.54, 1.807) is 0 Å². The Hall–Kier alpha value is -1.17. The number of benzene rings is 1. The average molecular weight is 317 g/mol. The summed E-state index contributed by atoms with van der Waals surface area (Å²) in [7, 11) is -0.869. The van der Waals surface area contributed by atoms with Gasteiger partial charge in [-0.05, 0) is 45.3 Å². The molecule has 0 unspecified atom stereocenters. The summed E-state index contributed by atoms with van der Waals surface area (Å²) in [6.07, 6.45) is 0.739. The summed E-state index contributed by atoms with van der Waals surface area (Å²) in [6.45, 7) is 10.1. The van der Waals surface area contributed by atoms with Crippen LogP contribution in [-0.2, 0) is 15.9 Å². The molecule has 1 aromatic rings. The minimum absolute atomic E-state index is 0.237. The van der Waals surface area contributed by atoms with Gasteiger partial charge in [-0.2, -0.15) is 0 Å². The van der Waals surface area contributed by atoms with Crippen LogP contribution in [0, 0.1) is 0 Å². The highest BCUT2D eigenvalue weighted by molar-refractivity contribution is 6.53. The lowest BCUT2D eigenvalue weighted by Crippen LogP contribution is -2.41. The maximum atomic E-state index is 14.8. The van der Waals surface area contributed by atoms with E-state index in [1.807, 2.05) is 45.9 Å². The Bertz CT molecular complexity index is 584. The molecule has 0 saturated carbocycles. The number of nitrogens with zero attached hydrogens (tertiary/aromatic N) is 1. The normalized spacial score (nSPS) is 25.9. The zero-order valence-electron chi connectivity index (χ0n) is 14.4. The van der Waals surface area contributed by atoms with Gasteiger partial charge in [-0.25, -0.2) is 4.39 Å². The van der Waals surface area contributed by atoms with Crippen molar-refractivity contribution in [1.29, 1.82) is 0 Å². The average Bonchev–Trinajstić information content (AvgIpc) is 3.02. The molecule has 0 aromatic heterocycles. The molecule has 0 N–H and O–H groups in total. The van der Waals surface area contributed by atoms with Crippen molar-refractivity contribution in [2.24, 2.45) is 0 Å². The molecule has 2 heterocycles. The molecule has 3 rings (SSSR count). The van der Waals surface area contributed by atoms with E-state index in [9.17, 15) is 4.39 Å². The molecule has 3 nitrogen and oxygen atoms in total. The van der Waals surface area contributed by atoms with Crippen molar-refractivity contribution in [3.05, 3.63) is 47.2 Å². The molecule has 2 saturated heterocycles. The molecular formula is C18H25BFNO2. The molecule has 0 atom stereocenters. The Morgan fingerprint density at radius 2 is 1.74 bits per heavy atom. The first kappa shape index (κ1) is 16.7. The van der Waals surface area contributed by atoms with E-state index >= 15 is 0 Å². The van der Waals surface area contributed by atoms with Crippen LogP contribution in [0.15, 0.2) is 41.6 Å². The first-order chi connectivity index (χ1) is 10.8. The summed E-state index contributed by atoms with van der Waals surface area (Å²) < 4.78 is 26.5. The van der Waals surface area contributed by atoms with E-state index in [4.69, 9.17) is 9.31 Å². The van der Waals surface area contributed by atoms with Crippen molar-refractivity contribution in [2.45, 2.75) is 51.9 Å². The highest BCUT2D eigenvalue weighted by Gasteiger charge is 2.53. The van der Waals surface area contributed by atoms with Crippen molar-refractivity contribution in [2.75, 3.05) is 13.1 Å². The number of hydrogen-bond donors (Lipinski definition) is 0. The van der Waals surface area contributed by atoms with E-state index in [1.165, 1.54) is 5.56 Å². The first-order valence-corrected chi connectivity index (χ1v) is 8.28. The summed E-state index contributed by atoms with van der Waals surface area (Å²) in [5.41, 5.74) is 0.818. The molecule has 2 fully saturated rings. The fraction of sp³-hybridized carbons (Fsp3) is 0.556. The SMILES string of the molecule is CC1(C)OB(C(F)=C2CCN(Cc3ccccc3)C2)OC1(C)C. The van der Waals surface area contributed by atoms with E-state index in [0.29, 0.717) is 6.54 Å². The van der Waals surface area contributed by atoms with Crippen LogP contribution >= 0.6 is 0 Å². The molecule has 0 radical (unpaired) electrons. The van der Waals surface area contributed by atoms with Crippen LogP contribution in [0.2, 0.25) is 0 Å². The van der Waals surface area contributed by atoms with Gasteiger partial charge in [0.25, 0.3) is 0 Å². The quantitative estimate of drug-likeness (QED) is 0.793. The zero-order chi connectivity index (χ0) is 16.7. The van der Waals surface area contributed by atoms with Crippen LogP contribution in [-0.4, -0.2) is 36.3 Å². The molecule has 5 heteroatoms. The predicted octanol–water partition coefficient (Wildman–Crippen LogP) is 3.75. The van der Waals surface area contributed by atoms with Gasteiger partial charge in [0.15, 0.2) is 0 Å². The zero-order valence-corrected chi connectivity index (χ0v) is 14.4. The maximum Gasteiger partial charge on any atom is 0.525 e. The second-order valence-corrected chi connectivity index (χ2v) is 7.49. The molecule has 0 amide bonds. The minimum Gasteiger partial charge on any atom is -0.398 e. The molecule has 124 valence electrons. The summed E-state index contributed by atoms with van der Waals surface area (Å²) in [6, 6.07) is 10.3. The summed E-state index contributed by atoms with van der Waals surface area (Å²) in [5.74, 6) is 0. The van der Waals surface area contributed by atoms with Crippen LogP contribution in [0.5, 0.6) is 0 Å². The first-order valence-electron chi connectivity index (χ1n) is 8.28. The fourth-order valence-electron chi connectivity index (χ4n) is 3.01. The Balaban J connectivity index is 1.67. The van der Waals surface area contributed by atoms with E-state index < -0.39 is 18.3 Å². The van der Waals surface area contributed by atoms with Gasteiger partial charge in [-0.15, -0.1) is 0 Å². The second kappa shape index (κ2) is 6.04. The van der Waals surface area contributed by atoms with Gasteiger partial charge in [-0.1, -0.05) is 30.3 Å². The van der Waals surface area contributed by atoms with Gasteiger partial charge in [0.2, 0.25) is 0 Å².